The van der Waals surface area contributed by atoms with Gasteiger partial charge in [-0.1, -0.05) is 83.5 Å². The summed E-state index contributed by atoms with van der Waals surface area (Å²) in [5, 5.41) is 7.05. The lowest BCUT2D eigenvalue weighted by Crippen LogP contribution is -2.26. The number of nitrogens with zero attached hydrogens (tertiary/aromatic N) is 1. The second-order valence-corrected chi connectivity index (χ2v) is 11.5. The van der Waals surface area contributed by atoms with E-state index in [1.807, 2.05) is 60.7 Å². The maximum Gasteiger partial charge on any atom is 0.256 e. The van der Waals surface area contributed by atoms with E-state index >= 15 is 0 Å². The molecule has 0 saturated carbocycles. The summed E-state index contributed by atoms with van der Waals surface area (Å²) in [6.07, 6.45) is 0. The Morgan fingerprint density at radius 2 is 1.58 bits per heavy atom. The van der Waals surface area contributed by atoms with E-state index in [0.29, 0.717) is 39.2 Å². The number of aromatic nitrogens is 1. The Labute approximate surface area is 238 Å². The Morgan fingerprint density at radius 1 is 0.842 bits per heavy atom. The van der Waals surface area contributed by atoms with E-state index in [-0.39, 0.29) is 11.8 Å². The quantitative estimate of drug-likeness (QED) is 0.183. The number of hydrogen-bond acceptors (Lipinski definition) is 5. The van der Waals surface area contributed by atoms with Crippen LogP contribution < -0.4 is 10.6 Å². The van der Waals surface area contributed by atoms with Crippen LogP contribution in [0.25, 0.3) is 10.2 Å². The van der Waals surface area contributed by atoms with Crippen LogP contribution in [0.4, 0.5) is 5.69 Å². The third kappa shape index (κ3) is 6.37. The van der Waals surface area contributed by atoms with Crippen molar-refractivity contribution in [2.24, 2.45) is 0 Å². The highest BCUT2D eigenvalue weighted by atomic mass is 35.5. The van der Waals surface area contributed by atoms with Crippen molar-refractivity contribution in [1.82, 2.24) is 10.3 Å². The Hall–Kier alpha value is -3.36. The van der Waals surface area contributed by atoms with Crippen molar-refractivity contribution in [1.29, 1.82) is 0 Å². The van der Waals surface area contributed by atoms with Gasteiger partial charge in [0.1, 0.15) is 0 Å². The van der Waals surface area contributed by atoms with Gasteiger partial charge in [-0.15, -0.1) is 11.3 Å². The first-order valence-corrected chi connectivity index (χ1v) is 14.2. The molecule has 0 radical (unpaired) electrons. The smallest absolute Gasteiger partial charge is 0.256 e. The average Bonchev–Trinajstić information content (AvgIpc) is 3.34. The maximum atomic E-state index is 13.1. The molecule has 9 heteroatoms. The molecule has 5 rings (SSSR count). The van der Waals surface area contributed by atoms with Crippen molar-refractivity contribution in [3.63, 3.8) is 0 Å². The van der Waals surface area contributed by atoms with E-state index in [2.05, 4.69) is 15.6 Å². The Bertz CT molecular complexity index is 1620. The number of anilines is 1. The van der Waals surface area contributed by atoms with Gasteiger partial charge in [-0.05, 0) is 53.6 Å². The highest BCUT2D eigenvalue weighted by molar-refractivity contribution is 8.00. The third-order valence-electron chi connectivity index (χ3n) is 5.71. The van der Waals surface area contributed by atoms with E-state index in [9.17, 15) is 9.59 Å². The summed E-state index contributed by atoms with van der Waals surface area (Å²) >= 11 is 15.4. The molecule has 5 nitrogen and oxygen atoms in total. The number of thioether (sulfide) groups is 1. The van der Waals surface area contributed by atoms with Gasteiger partial charge >= 0.3 is 0 Å². The molecular formula is C29H21Cl2N3O2S2. The van der Waals surface area contributed by atoms with Crippen LogP contribution in [0.2, 0.25) is 10.0 Å². The first kappa shape index (κ1) is 26.3. The van der Waals surface area contributed by atoms with E-state index in [1.54, 1.807) is 53.4 Å². The topological polar surface area (TPSA) is 71.1 Å². The van der Waals surface area contributed by atoms with Gasteiger partial charge in [0.2, 0.25) is 0 Å². The average molecular weight is 579 g/mol. The second-order valence-electron chi connectivity index (χ2n) is 8.35. The molecule has 38 heavy (non-hydrogen) atoms. The molecule has 0 unspecified atom stereocenters. The number of amides is 2. The van der Waals surface area contributed by atoms with Gasteiger partial charge in [0.05, 0.1) is 21.3 Å². The highest BCUT2D eigenvalue weighted by Crippen LogP contribution is 2.34. The fourth-order valence-corrected chi connectivity index (χ4v) is 6.44. The number of benzene rings is 4. The van der Waals surface area contributed by atoms with Gasteiger partial charge < -0.3 is 10.6 Å². The summed E-state index contributed by atoms with van der Waals surface area (Å²) in [6.45, 7) is 0.377. The summed E-state index contributed by atoms with van der Waals surface area (Å²) in [6, 6.07) is 27.5. The molecule has 2 N–H and O–H groups in total. The summed E-state index contributed by atoms with van der Waals surface area (Å²) in [4.78, 5) is 30.7. The first-order chi connectivity index (χ1) is 18.5. The molecule has 2 amide bonds. The highest BCUT2D eigenvalue weighted by Gasteiger charge is 2.17. The van der Waals surface area contributed by atoms with E-state index in [1.165, 1.54) is 0 Å². The number of nitrogens with one attached hydrogen (secondary N) is 2. The predicted octanol–water partition coefficient (Wildman–Crippen LogP) is 8.08. The van der Waals surface area contributed by atoms with Crippen LogP contribution in [0.3, 0.4) is 0 Å². The normalized spacial score (nSPS) is 10.9. The lowest BCUT2D eigenvalue weighted by atomic mass is 10.1. The predicted molar refractivity (Wildman–Crippen MR) is 158 cm³/mol. The number of fused-ring (bicyclic) bond motifs is 1. The van der Waals surface area contributed by atoms with Crippen LogP contribution in [0.5, 0.6) is 0 Å². The summed E-state index contributed by atoms with van der Waals surface area (Å²) in [5.74, 6) is 0.00833. The molecule has 0 atom stereocenters. The Morgan fingerprint density at radius 3 is 2.34 bits per heavy atom. The maximum absolute atomic E-state index is 13.1. The zero-order chi connectivity index (χ0) is 26.5. The standard InChI is InChI=1S/C29H21Cl2N3O2S2/c30-20-11-10-19(24(31)14-20)17-37-29-34-25-13-12-21(15-26(25)38-29)33-28(36)23-9-5-4-8-22(23)27(35)32-16-18-6-2-1-3-7-18/h1-15H,16-17H2,(H,32,35)(H,33,36). The number of hydrogen-bond donors (Lipinski definition) is 2. The van der Waals surface area contributed by atoms with Gasteiger partial charge in [0, 0.05) is 28.0 Å². The van der Waals surface area contributed by atoms with Crippen LogP contribution in [0.15, 0.2) is 95.3 Å². The van der Waals surface area contributed by atoms with Gasteiger partial charge in [-0.2, -0.15) is 0 Å². The van der Waals surface area contributed by atoms with Gasteiger partial charge in [-0.25, -0.2) is 4.98 Å². The van der Waals surface area contributed by atoms with Crippen LogP contribution in [0.1, 0.15) is 31.8 Å². The minimum absolute atomic E-state index is 0.304. The molecule has 0 aliphatic rings. The molecule has 0 spiro atoms. The Balaban J connectivity index is 1.26. The number of carbonyl (C=O) groups is 2. The van der Waals surface area contributed by atoms with E-state index < -0.39 is 0 Å². The number of halogens is 2. The number of thiazole rings is 1. The lowest BCUT2D eigenvalue weighted by molar-refractivity contribution is 0.0938. The van der Waals surface area contributed by atoms with Gasteiger partial charge in [-0.3, -0.25) is 9.59 Å². The van der Waals surface area contributed by atoms with E-state index in [4.69, 9.17) is 23.2 Å². The number of rotatable bonds is 8. The van der Waals surface area contributed by atoms with Crippen molar-refractivity contribution >= 4 is 74.0 Å². The SMILES string of the molecule is O=C(NCc1ccccc1)c1ccccc1C(=O)Nc1ccc2nc(SCc3ccc(Cl)cc3Cl)sc2c1. The van der Waals surface area contributed by atoms with Crippen molar-refractivity contribution in [2.45, 2.75) is 16.6 Å². The molecular weight excluding hydrogens is 557 g/mol. The molecule has 1 aromatic heterocycles. The number of carbonyl (C=O) groups excluding carboxylic acids is 2. The van der Waals surface area contributed by atoms with Crippen LogP contribution in [-0.4, -0.2) is 16.8 Å². The fraction of sp³-hybridized carbons (Fsp3) is 0.0690. The first-order valence-electron chi connectivity index (χ1n) is 11.7. The zero-order valence-corrected chi connectivity index (χ0v) is 23.1. The molecule has 0 saturated heterocycles. The molecule has 0 aliphatic carbocycles. The molecule has 0 fully saturated rings. The minimum atomic E-state index is -0.355. The minimum Gasteiger partial charge on any atom is -0.348 e. The molecule has 5 aromatic rings. The van der Waals surface area contributed by atoms with Crippen LogP contribution in [0, 0.1) is 0 Å². The van der Waals surface area contributed by atoms with E-state index in [0.717, 1.165) is 25.7 Å². The molecule has 190 valence electrons. The van der Waals surface area contributed by atoms with Crippen molar-refractivity contribution in [2.75, 3.05) is 5.32 Å². The fourth-order valence-electron chi connectivity index (χ4n) is 3.77. The monoisotopic (exact) mass is 577 g/mol. The Kier molecular flexibility index (Phi) is 8.29. The molecule has 0 aliphatic heterocycles. The summed E-state index contributed by atoms with van der Waals surface area (Å²) in [5.41, 5.74) is 4.06. The van der Waals surface area contributed by atoms with Crippen molar-refractivity contribution in [3.05, 3.63) is 123 Å². The molecule has 4 aromatic carbocycles. The zero-order valence-electron chi connectivity index (χ0n) is 19.9. The van der Waals surface area contributed by atoms with Crippen molar-refractivity contribution < 1.29 is 9.59 Å². The lowest BCUT2D eigenvalue weighted by Gasteiger charge is -2.11. The molecule has 1 heterocycles. The molecule has 0 bridgehead atoms. The van der Waals surface area contributed by atoms with Gasteiger partial charge in [0.15, 0.2) is 4.34 Å². The van der Waals surface area contributed by atoms with Crippen LogP contribution >= 0.6 is 46.3 Å². The third-order valence-corrected chi connectivity index (χ3v) is 8.50. The second kappa shape index (κ2) is 12.0. The largest absolute Gasteiger partial charge is 0.348 e. The van der Waals surface area contributed by atoms with Crippen LogP contribution in [-0.2, 0) is 12.3 Å². The summed E-state index contributed by atoms with van der Waals surface area (Å²) in [7, 11) is 0. The van der Waals surface area contributed by atoms with Crippen molar-refractivity contribution in [3.8, 4) is 0 Å². The van der Waals surface area contributed by atoms with Gasteiger partial charge in [0.25, 0.3) is 11.8 Å². The summed E-state index contributed by atoms with van der Waals surface area (Å²) < 4.78 is 1.84.